The molecule has 0 saturated carbocycles. The van der Waals surface area contributed by atoms with Crippen LogP contribution >= 0.6 is 0 Å². The molecule has 1 N–H and O–H groups in total. The lowest BCUT2D eigenvalue weighted by Crippen LogP contribution is -2.25. The third-order valence-corrected chi connectivity index (χ3v) is 7.17. The van der Waals surface area contributed by atoms with Gasteiger partial charge in [0.2, 0.25) is 0 Å². The van der Waals surface area contributed by atoms with Gasteiger partial charge in [-0.3, -0.25) is 9.63 Å². The van der Waals surface area contributed by atoms with Crippen molar-refractivity contribution in [1.82, 2.24) is 14.2 Å². The number of sulfonamides is 1. The van der Waals surface area contributed by atoms with Crippen molar-refractivity contribution in [3.05, 3.63) is 71.3 Å². The minimum absolute atomic E-state index is 0.0396. The summed E-state index contributed by atoms with van der Waals surface area (Å²) in [5.41, 5.74) is 3.30. The van der Waals surface area contributed by atoms with Gasteiger partial charge in [0.1, 0.15) is 5.82 Å². The molecule has 0 saturated heterocycles. The van der Waals surface area contributed by atoms with Crippen LogP contribution in [0, 0.1) is 5.82 Å². The number of fused-ring (bicyclic) bond motifs is 1. The molecule has 0 bridgehead atoms. The van der Waals surface area contributed by atoms with Gasteiger partial charge in [-0.1, -0.05) is 4.47 Å². The van der Waals surface area contributed by atoms with Gasteiger partial charge in [0, 0.05) is 24.0 Å². The van der Waals surface area contributed by atoms with Gasteiger partial charge in [0.15, 0.2) is 5.69 Å². The zero-order valence-electron chi connectivity index (χ0n) is 17.7. The van der Waals surface area contributed by atoms with Gasteiger partial charge in [0.25, 0.3) is 15.9 Å². The van der Waals surface area contributed by atoms with E-state index in [1.807, 2.05) is 0 Å². The summed E-state index contributed by atoms with van der Waals surface area (Å²) in [6, 6.07) is 11.8. The Bertz CT molecular complexity index is 1240. The first-order valence-corrected chi connectivity index (χ1v) is 11.6. The Hall–Kier alpha value is -3.08. The second-order valence-electron chi connectivity index (χ2n) is 7.45. The Morgan fingerprint density at radius 2 is 1.75 bits per heavy atom. The first kappa shape index (κ1) is 22.1. The van der Waals surface area contributed by atoms with Crippen LogP contribution in [0.1, 0.15) is 34.6 Å². The monoisotopic (exact) mass is 458 g/mol. The van der Waals surface area contributed by atoms with Gasteiger partial charge in [-0.25, -0.2) is 17.5 Å². The van der Waals surface area contributed by atoms with E-state index in [1.54, 1.807) is 16.8 Å². The molecule has 168 valence electrons. The van der Waals surface area contributed by atoms with Gasteiger partial charge >= 0.3 is 0 Å². The lowest BCUT2D eigenvalue weighted by Gasteiger charge is -2.15. The molecular formula is C22H23FN4O4S. The highest BCUT2D eigenvalue weighted by molar-refractivity contribution is 7.89. The number of hydroxylamine groups is 1. The molecule has 4 rings (SSSR count). The molecule has 8 nitrogen and oxygen atoms in total. The van der Waals surface area contributed by atoms with Crippen LogP contribution in [0.2, 0.25) is 0 Å². The maximum Gasteiger partial charge on any atom is 0.276 e. The topological polar surface area (TPSA) is 93.5 Å². The number of anilines is 1. The molecule has 3 aromatic rings. The average molecular weight is 459 g/mol. The summed E-state index contributed by atoms with van der Waals surface area (Å²) < 4.78 is 40.4. The maximum absolute atomic E-state index is 13.3. The molecule has 1 aliphatic carbocycles. The van der Waals surface area contributed by atoms with E-state index in [-0.39, 0.29) is 16.6 Å². The average Bonchev–Trinajstić information content (AvgIpc) is 3.19. The fraction of sp³-hybridized carbons (Fsp3) is 0.273. The summed E-state index contributed by atoms with van der Waals surface area (Å²) in [6.07, 6.45) is 3.47. The van der Waals surface area contributed by atoms with E-state index in [1.165, 1.54) is 50.6 Å². The van der Waals surface area contributed by atoms with E-state index in [0.717, 1.165) is 41.4 Å². The quantitative estimate of drug-likeness (QED) is 0.572. The molecule has 0 atom stereocenters. The highest BCUT2D eigenvalue weighted by Gasteiger charge is 2.26. The van der Waals surface area contributed by atoms with Crippen molar-refractivity contribution < 1.29 is 22.4 Å². The molecule has 1 amide bonds. The molecule has 10 heteroatoms. The second kappa shape index (κ2) is 8.81. The van der Waals surface area contributed by atoms with Crippen molar-refractivity contribution in [3.63, 3.8) is 0 Å². The van der Waals surface area contributed by atoms with Crippen molar-refractivity contribution in [1.29, 1.82) is 0 Å². The number of nitrogens with one attached hydrogen (secondary N) is 1. The predicted octanol–water partition coefficient (Wildman–Crippen LogP) is 3.32. The number of rotatable bonds is 6. The molecular weight excluding hydrogens is 435 g/mol. The highest BCUT2D eigenvalue weighted by Crippen LogP contribution is 2.28. The number of amides is 1. The zero-order valence-corrected chi connectivity index (χ0v) is 18.5. The molecule has 1 aromatic heterocycles. The highest BCUT2D eigenvalue weighted by atomic mass is 32.2. The van der Waals surface area contributed by atoms with Crippen LogP contribution in [0.3, 0.4) is 0 Å². The lowest BCUT2D eigenvalue weighted by molar-refractivity contribution is -0.0258. The number of carbonyl (C=O) groups excluding carboxylic acids is 1. The number of hydrogen-bond acceptors (Lipinski definition) is 5. The second-order valence-corrected chi connectivity index (χ2v) is 9.38. The van der Waals surface area contributed by atoms with Crippen molar-refractivity contribution in [2.75, 3.05) is 19.5 Å². The first-order chi connectivity index (χ1) is 15.3. The van der Waals surface area contributed by atoms with Crippen molar-refractivity contribution in [3.8, 4) is 5.69 Å². The number of hydrogen-bond donors (Lipinski definition) is 1. The molecule has 2 aromatic carbocycles. The Kier molecular flexibility index (Phi) is 6.09. The molecule has 0 unspecified atom stereocenters. The molecule has 1 aliphatic rings. The van der Waals surface area contributed by atoms with Crippen LogP contribution in [0.25, 0.3) is 5.69 Å². The summed E-state index contributed by atoms with van der Waals surface area (Å²) in [5, 5.41) is 7.33. The van der Waals surface area contributed by atoms with Gasteiger partial charge in [-0.05, 0) is 74.2 Å². The minimum atomic E-state index is -3.77. The number of nitrogens with zero attached hydrogens (tertiary/aromatic N) is 3. The third kappa shape index (κ3) is 4.16. The Balaban J connectivity index is 1.61. The van der Waals surface area contributed by atoms with E-state index in [4.69, 9.17) is 4.84 Å². The van der Waals surface area contributed by atoms with Gasteiger partial charge < -0.3 is 5.32 Å². The van der Waals surface area contributed by atoms with Crippen LogP contribution < -0.4 is 5.32 Å². The van der Waals surface area contributed by atoms with E-state index in [9.17, 15) is 17.6 Å². The summed E-state index contributed by atoms with van der Waals surface area (Å²) >= 11 is 0. The Morgan fingerprint density at radius 3 is 2.41 bits per heavy atom. The fourth-order valence-electron chi connectivity index (χ4n) is 3.72. The minimum Gasteiger partial charge on any atom is -0.321 e. The van der Waals surface area contributed by atoms with E-state index >= 15 is 0 Å². The molecule has 32 heavy (non-hydrogen) atoms. The first-order valence-electron chi connectivity index (χ1n) is 10.1. The summed E-state index contributed by atoms with van der Waals surface area (Å²) in [4.78, 5) is 17.8. The fourth-order valence-corrected chi connectivity index (χ4v) is 4.70. The number of carbonyl (C=O) groups is 1. The molecule has 0 fully saturated rings. The molecule has 0 aliphatic heterocycles. The maximum atomic E-state index is 13.3. The smallest absolute Gasteiger partial charge is 0.276 e. The van der Waals surface area contributed by atoms with Gasteiger partial charge in [-0.2, -0.15) is 5.10 Å². The normalized spacial score (nSPS) is 13.8. The molecule has 0 spiro atoms. The largest absolute Gasteiger partial charge is 0.321 e. The SMILES string of the molecule is CON(C)S(=O)(=O)c1ccc(NC(=O)c2nn(-c3ccc(F)cc3)c3c2CCCC3)cc1. The number of aromatic nitrogens is 2. The standard InChI is InChI=1S/C22H23FN4O4S/c1-26(31-2)32(29,30)18-13-9-16(10-14-18)24-22(28)21-19-5-3-4-6-20(19)27(25-21)17-11-7-15(23)8-12-17/h7-14H,3-6H2,1-2H3,(H,24,28). The van der Waals surface area contributed by atoms with Gasteiger partial charge in [0.05, 0.1) is 17.7 Å². The van der Waals surface area contributed by atoms with Crippen LogP contribution in [0.15, 0.2) is 53.4 Å². The van der Waals surface area contributed by atoms with Crippen LogP contribution in [-0.2, 0) is 27.7 Å². The van der Waals surface area contributed by atoms with Crippen LogP contribution in [-0.4, -0.2) is 42.7 Å². The summed E-state index contributed by atoms with van der Waals surface area (Å²) in [7, 11) is -1.21. The number of halogens is 1. The summed E-state index contributed by atoms with van der Waals surface area (Å²) in [5.74, 6) is -0.719. The van der Waals surface area contributed by atoms with Gasteiger partial charge in [-0.15, -0.1) is 0 Å². The summed E-state index contributed by atoms with van der Waals surface area (Å²) in [6.45, 7) is 0. The molecule has 1 heterocycles. The van der Waals surface area contributed by atoms with E-state index in [2.05, 4.69) is 10.4 Å². The molecule has 0 radical (unpaired) electrons. The third-order valence-electron chi connectivity index (χ3n) is 5.47. The Labute approximate surface area is 185 Å². The van der Waals surface area contributed by atoms with Crippen molar-refractivity contribution in [2.24, 2.45) is 0 Å². The predicted molar refractivity (Wildman–Crippen MR) is 117 cm³/mol. The van der Waals surface area contributed by atoms with Crippen molar-refractivity contribution in [2.45, 2.75) is 30.6 Å². The van der Waals surface area contributed by atoms with E-state index < -0.39 is 10.0 Å². The zero-order chi connectivity index (χ0) is 22.9. The lowest BCUT2D eigenvalue weighted by atomic mass is 9.95. The van der Waals surface area contributed by atoms with Crippen molar-refractivity contribution >= 4 is 21.6 Å². The number of benzene rings is 2. The van der Waals surface area contributed by atoms with E-state index in [0.29, 0.717) is 17.1 Å². The van der Waals surface area contributed by atoms with Crippen LogP contribution in [0.4, 0.5) is 10.1 Å². The Morgan fingerprint density at radius 1 is 1.09 bits per heavy atom. The van der Waals surface area contributed by atoms with Crippen LogP contribution in [0.5, 0.6) is 0 Å².